The number of hydrogen-bond acceptors (Lipinski definition) is 0. The standard InChI is InChI=1S/C20H34.Ca.2H/c1-2-3-4-5-6-7-8-9-10-11-12-14-17-20-18-15-13-16-19-20;;;/h13,15-16,18-19H,2-12,14,17H2,1H3;;;/q;+2;2*-1. The zero-order chi connectivity index (χ0) is 14.3. The summed E-state index contributed by atoms with van der Waals surface area (Å²) in [6.45, 7) is 2.29. The molecule has 0 amide bonds. The van der Waals surface area contributed by atoms with Crippen LogP contribution in [0.3, 0.4) is 0 Å². The number of rotatable bonds is 13. The first-order chi connectivity index (χ1) is 9.93. The van der Waals surface area contributed by atoms with E-state index in [1.54, 1.807) is 0 Å². The molecule has 0 unspecified atom stereocenters. The molecule has 0 bridgehead atoms. The minimum absolute atomic E-state index is 0. The molecule has 0 aromatic heterocycles. The van der Waals surface area contributed by atoms with Crippen molar-refractivity contribution in [2.45, 2.75) is 90.4 Å². The van der Waals surface area contributed by atoms with Crippen molar-refractivity contribution in [2.24, 2.45) is 0 Å². The molecule has 0 saturated carbocycles. The number of aryl methyl sites for hydroxylation is 1. The zero-order valence-corrected chi connectivity index (χ0v) is 16.5. The van der Waals surface area contributed by atoms with E-state index >= 15 is 0 Å². The van der Waals surface area contributed by atoms with Gasteiger partial charge in [0.05, 0.1) is 0 Å². The van der Waals surface area contributed by atoms with Gasteiger partial charge in [0.15, 0.2) is 0 Å². The Bertz CT molecular complexity index is 304. The molecule has 1 aromatic rings. The topological polar surface area (TPSA) is 0 Å². The van der Waals surface area contributed by atoms with E-state index in [0.717, 1.165) is 0 Å². The van der Waals surface area contributed by atoms with Crippen LogP contribution in [0.25, 0.3) is 0 Å². The first kappa shape index (κ1) is 21.5. The van der Waals surface area contributed by atoms with E-state index in [1.807, 2.05) is 0 Å². The van der Waals surface area contributed by atoms with Crippen LogP contribution in [-0.2, 0) is 6.42 Å². The van der Waals surface area contributed by atoms with Crippen LogP contribution in [0.1, 0.15) is 92.4 Å². The minimum Gasteiger partial charge on any atom is -1.00 e. The van der Waals surface area contributed by atoms with E-state index in [9.17, 15) is 0 Å². The monoisotopic (exact) mass is 316 g/mol. The molecule has 0 saturated heterocycles. The largest absolute Gasteiger partial charge is 2.00 e. The number of benzene rings is 1. The molecule has 1 rings (SSSR count). The van der Waals surface area contributed by atoms with E-state index in [4.69, 9.17) is 0 Å². The second-order valence-corrected chi connectivity index (χ2v) is 6.12. The quantitative estimate of drug-likeness (QED) is 0.278. The van der Waals surface area contributed by atoms with Gasteiger partial charge in [-0.25, -0.2) is 0 Å². The van der Waals surface area contributed by atoms with Gasteiger partial charge in [-0.2, -0.15) is 0 Å². The van der Waals surface area contributed by atoms with Crippen LogP contribution < -0.4 is 0 Å². The van der Waals surface area contributed by atoms with Crippen molar-refractivity contribution < 1.29 is 2.85 Å². The molecule has 0 aliphatic carbocycles. The van der Waals surface area contributed by atoms with Gasteiger partial charge in [0.2, 0.25) is 0 Å². The SMILES string of the molecule is CCCCCCCCCCCCCCc1ccccc1.[Ca+2].[H-].[H-]. The van der Waals surface area contributed by atoms with E-state index in [2.05, 4.69) is 37.3 Å². The van der Waals surface area contributed by atoms with Crippen LogP contribution in [-0.4, -0.2) is 37.7 Å². The minimum atomic E-state index is 0. The van der Waals surface area contributed by atoms with Crippen LogP contribution in [0.15, 0.2) is 30.3 Å². The van der Waals surface area contributed by atoms with Crippen LogP contribution in [0, 0.1) is 0 Å². The van der Waals surface area contributed by atoms with E-state index < -0.39 is 0 Å². The molecule has 0 aliphatic heterocycles. The third-order valence-electron chi connectivity index (χ3n) is 4.16. The summed E-state index contributed by atoms with van der Waals surface area (Å²) < 4.78 is 0. The van der Waals surface area contributed by atoms with Gasteiger partial charge in [-0.1, -0.05) is 108 Å². The normalized spacial score (nSPS) is 10.3. The van der Waals surface area contributed by atoms with Gasteiger partial charge in [0.1, 0.15) is 0 Å². The van der Waals surface area contributed by atoms with Gasteiger partial charge in [-0.05, 0) is 18.4 Å². The van der Waals surface area contributed by atoms with Crippen LogP contribution in [0.2, 0.25) is 0 Å². The summed E-state index contributed by atoms with van der Waals surface area (Å²) in [5, 5.41) is 0. The summed E-state index contributed by atoms with van der Waals surface area (Å²) in [7, 11) is 0. The Morgan fingerprint density at radius 3 is 1.52 bits per heavy atom. The summed E-state index contributed by atoms with van der Waals surface area (Å²) >= 11 is 0. The van der Waals surface area contributed by atoms with Gasteiger partial charge in [0, 0.05) is 0 Å². The van der Waals surface area contributed by atoms with E-state index in [-0.39, 0.29) is 40.6 Å². The maximum absolute atomic E-state index is 2.29. The summed E-state index contributed by atoms with van der Waals surface area (Å²) in [5.41, 5.74) is 1.50. The molecular formula is C20H36Ca. The van der Waals surface area contributed by atoms with Crippen molar-refractivity contribution in [1.29, 1.82) is 0 Å². The zero-order valence-electron chi connectivity index (χ0n) is 16.3. The van der Waals surface area contributed by atoms with Crippen molar-refractivity contribution in [3.8, 4) is 0 Å². The predicted octanol–water partition coefficient (Wildman–Crippen LogP) is 6.77. The average molecular weight is 317 g/mol. The summed E-state index contributed by atoms with van der Waals surface area (Å²) in [6, 6.07) is 10.9. The van der Waals surface area contributed by atoms with Gasteiger partial charge < -0.3 is 2.85 Å². The first-order valence-electron chi connectivity index (χ1n) is 8.97. The van der Waals surface area contributed by atoms with E-state index in [0.29, 0.717) is 0 Å². The molecule has 0 heterocycles. The van der Waals surface area contributed by atoms with Gasteiger partial charge >= 0.3 is 37.7 Å². The van der Waals surface area contributed by atoms with Crippen LogP contribution in [0.4, 0.5) is 0 Å². The molecule has 1 aromatic carbocycles. The maximum atomic E-state index is 2.29. The molecule has 0 fully saturated rings. The second kappa shape index (κ2) is 16.8. The van der Waals surface area contributed by atoms with Gasteiger partial charge in [0.25, 0.3) is 0 Å². The Kier molecular flexibility index (Phi) is 17.2. The van der Waals surface area contributed by atoms with Gasteiger partial charge in [-0.3, -0.25) is 0 Å². The molecule has 118 valence electrons. The van der Waals surface area contributed by atoms with Crippen LogP contribution in [0.5, 0.6) is 0 Å². The van der Waals surface area contributed by atoms with Crippen molar-refractivity contribution in [3.63, 3.8) is 0 Å². The third-order valence-corrected chi connectivity index (χ3v) is 4.16. The van der Waals surface area contributed by atoms with Crippen LogP contribution >= 0.6 is 0 Å². The second-order valence-electron chi connectivity index (χ2n) is 6.12. The molecule has 0 nitrogen and oxygen atoms in total. The summed E-state index contributed by atoms with van der Waals surface area (Å²) in [6.07, 6.45) is 18.5. The van der Waals surface area contributed by atoms with Gasteiger partial charge in [-0.15, -0.1) is 0 Å². The molecule has 0 spiro atoms. The fourth-order valence-electron chi connectivity index (χ4n) is 2.81. The van der Waals surface area contributed by atoms with E-state index in [1.165, 1.54) is 89.0 Å². The Hall–Kier alpha value is 0.480. The summed E-state index contributed by atoms with van der Waals surface area (Å²) in [5.74, 6) is 0. The van der Waals surface area contributed by atoms with Crippen molar-refractivity contribution in [3.05, 3.63) is 35.9 Å². The molecule has 21 heavy (non-hydrogen) atoms. The Labute approximate surface area is 166 Å². The third kappa shape index (κ3) is 13.8. The smallest absolute Gasteiger partial charge is 1.00 e. The first-order valence-corrected chi connectivity index (χ1v) is 8.97. The molecule has 0 N–H and O–H groups in total. The summed E-state index contributed by atoms with van der Waals surface area (Å²) in [4.78, 5) is 0. The molecular weight excluding hydrogens is 280 g/mol. The molecule has 1 heteroatoms. The number of unbranched alkanes of at least 4 members (excludes halogenated alkanes) is 11. The Balaban J connectivity index is -0.00000133. The molecule has 0 radical (unpaired) electrons. The fraction of sp³-hybridized carbons (Fsp3) is 0.700. The Morgan fingerprint density at radius 1 is 0.619 bits per heavy atom. The fourth-order valence-corrected chi connectivity index (χ4v) is 2.81. The predicted molar refractivity (Wildman–Crippen MR) is 99.2 cm³/mol. The molecule has 0 atom stereocenters. The average Bonchev–Trinajstić information content (AvgIpc) is 2.49. The van der Waals surface area contributed by atoms with Crippen molar-refractivity contribution >= 4 is 37.7 Å². The Morgan fingerprint density at radius 2 is 1.05 bits per heavy atom. The van der Waals surface area contributed by atoms with Crippen molar-refractivity contribution in [2.75, 3.05) is 0 Å². The van der Waals surface area contributed by atoms with Crippen molar-refractivity contribution in [1.82, 2.24) is 0 Å². The number of hydrogen-bond donors (Lipinski definition) is 0. The maximum Gasteiger partial charge on any atom is 2.00 e. The molecule has 0 aliphatic rings.